The second-order valence-corrected chi connectivity index (χ2v) is 5.33. The summed E-state index contributed by atoms with van der Waals surface area (Å²) in [4.78, 5) is 8.73. The van der Waals surface area contributed by atoms with Crippen molar-refractivity contribution in [1.82, 2.24) is 19.6 Å². The monoisotopic (exact) mass is 325 g/mol. The van der Waals surface area contributed by atoms with Crippen molar-refractivity contribution in [2.45, 2.75) is 0 Å². The molecule has 1 aromatic carbocycles. The highest BCUT2D eigenvalue weighted by atomic mass is 15.3. The summed E-state index contributed by atoms with van der Waals surface area (Å²) in [7, 11) is 0. The summed E-state index contributed by atoms with van der Waals surface area (Å²) in [6, 6.07) is 15.1. The predicted octanol–water partition coefficient (Wildman–Crippen LogP) is 3.21. The number of hydrogen-bond acceptors (Lipinski definition) is 5. The second-order valence-electron chi connectivity index (χ2n) is 5.33. The van der Waals surface area contributed by atoms with E-state index in [1.165, 1.54) is 0 Å². The largest absolute Gasteiger partial charge is 0.338 e. The van der Waals surface area contributed by atoms with Gasteiger partial charge in [-0.3, -0.25) is 10.1 Å². The van der Waals surface area contributed by atoms with Gasteiger partial charge in [-0.05, 0) is 30.3 Å². The molecule has 7 heteroatoms. The van der Waals surface area contributed by atoms with Gasteiger partial charge in [-0.15, -0.1) is 0 Å². The Morgan fingerprint density at radius 3 is 2.80 bits per heavy atom. The van der Waals surface area contributed by atoms with Crippen molar-refractivity contribution in [3.63, 3.8) is 0 Å². The first-order chi connectivity index (χ1) is 12.3. The molecule has 0 atom stereocenters. The van der Waals surface area contributed by atoms with Gasteiger partial charge in [0.1, 0.15) is 17.3 Å². The lowest BCUT2D eigenvalue weighted by atomic mass is 10.2. The molecule has 0 saturated heterocycles. The van der Waals surface area contributed by atoms with Crippen LogP contribution in [0.3, 0.4) is 0 Å². The number of anilines is 2. The molecule has 0 spiro atoms. The predicted molar refractivity (Wildman–Crippen MR) is 91.9 cm³/mol. The third-order valence-electron chi connectivity index (χ3n) is 3.77. The maximum atomic E-state index is 9.26. The molecule has 0 aliphatic rings. The summed E-state index contributed by atoms with van der Waals surface area (Å²) in [6.07, 6.45) is 5.01. The van der Waals surface area contributed by atoms with E-state index in [-0.39, 0.29) is 0 Å². The summed E-state index contributed by atoms with van der Waals surface area (Å²) >= 11 is 0. The quantitative estimate of drug-likeness (QED) is 0.601. The van der Waals surface area contributed by atoms with Crippen molar-refractivity contribution in [2.24, 2.45) is 0 Å². The summed E-state index contributed by atoms with van der Waals surface area (Å²) < 4.78 is 1.71. The van der Waals surface area contributed by atoms with Crippen molar-refractivity contribution in [2.75, 3.05) is 5.32 Å². The van der Waals surface area contributed by atoms with Crippen LogP contribution in [-0.2, 0) is 0 Å². The van der Waals surface area contributed by atoms with Crippen LogP contribution >= 0.6 is 0 Å². The minimum absolute atomic E-state index is 0.448. The average molecular weight is 325 g/mol. The molecule has 3 aromatic heterocycles. The first kappa shape index (κ1) is 14.5. The average Bonchev–Trinajstić information content (AvgIpc) is 3.22. The number of nitriles is 2. The number of benzene rings is 1. The number of H-pyrrole nitrogens is 1. The summed E-state index contributed by atoms with van der Waals surface area (Å²) in [5.74, 6) is 0.666. The van der Waals surface area contributed by atoms with Crippen LogP contribution in [0, 0.1) is 22.7 Å². The first-order valence-electron chi connectivity index (χ1n) is 7.47. The molecule has 0 aliphatic carbocycles. The lowest BCUT2D eigenvalue weighted by Gasteiger charge is -2.08. The molecule has 0 radical (unpaired) electrons. The summed E-state index contributed by atoms with van der Waals surface area (Å²) in [5, 5.41) is 24.7. The number of aromatic nitrogens is 4. The number of hydrogen-bond donors (Lipinski definition) is 2. The van der Waals surface area contributed by atoms with Gasteiger partial charge in [-0.2, -0.15) is 10.5 Å². The van der Waals surface area contributed by atoms with E-state index in [0.29, 0.717) is 28.3 Å². The molecule has 0 unspecified atom stereocenters. The normalized spacial score (nSPS) is 10.3. The smallest absolute Gasteiger partial charge is 0.173 e. The van der Waals surface area contributed by atoms with Crippen LogP contribution in [0.5, 0.6) is 0 Å². The Morgan fingerprint density at radius 2 is 2.04 bits per heavy atom. The molecule has 3 heterocycles. The van der Waals surface area contributed by atoms with Gasteiger partial charge in [0.2, 0.25) is 0 Å². The van der Waals surface area contributed by atoms with E-state index in [2.05, 4.69) is 32.5 Å². The standard InChI is InChI=1S/C18H11N7/c19-8-12-3-1-5-15(7-12)23-18-16(13-4-2-6-21-10-13)24-17-14(9-20)11-22-25(17)18/h1-7,10-11,22-23H. The Balaban J connectivity index is 1.90. The molecular formula is C18H11N7. The highest BCUT2D eigenvalue weighted by molar-refractivity contribution is 5.80. The number of rotatable bonds is 3. The fourth-order valence-electron chi connectivity index (χ4n) is 2.63. The molecule has 4 rings (SSSR count). The number of nitrogens with one attached hydrogen (secondary N) is 2. The molecule has 0 aliphatic heterocycles. The maximum Gasteiger partial charge on any atom is 0.173 e. The van der Waals surface area contributed by atoms with Crippen LogP contribution in [0.25, 0.3) is 16.9 Å². The van der Waals surface area contributed by atoms with Gasteiger partial charge in [-0.1, -0.05) is 6.07 Å². The highest BCUT2D eigenvalue weighted by Crippen LogP contribution is 2.31. The van der Waals surface area contributed by atoms with Gasteiger partial charge in [0.15, 0.2) is 11.5 Å². The van der Waals surface area contributed by atoms with E-state index in [1.807, 2.05) is 18.2 Å². The van der Waals surface area contributed by atoms with Crippen molar-refractivity contribution in [3.05, 3.63) is 66.1 Å². The zero-order valence-electron chi connectivity index (χ0n) is 12.9. The van der Waals surface area contributed by atoms with Crippen LogP contribution in [0.2, 0.25) is 0 Å². The van der Waals surface area contributed by atoms with Crippen LogP contribution in [-0.4, -0.2) is 19.6 Å². The molecule has 0 amide bonds. The topological polar surface area (TPSA) is 106 Å². The van der Waals surface area contributed by atoms with Gasteiger partial charge in [0.25, 0.3) is 0 Å². The molecule has 4 aromatic rings. The molecule has 25 heavy (non-hydrogen) atoms. The van der Waals surface area contributed by atoms with Crippen molar-refractivity contribution in [1.29, 1.82) is 10.5 Å². The van der Waals surface area contributed by atoms with Crippen LogP contribution in [0.1, 0.15) is 11.1 Å². The highest BCUT2D eigenvalue weighted by Gasteiger charge is 2.18. The minimum Gasteiger partial charge on any atom is -0.338 e. The fraction of sp³-hybridized carbons (Fsp3) is 0. The summed E-state index contributed by atoms with van der Waals surface area (Å²) in [6.45, 7) is 0. The van der Waals surface area contributed by atoms with E-state index < -0.39 is 0 Å². The number of fused-ring (bicyclic) bond motifs is 1. The van der Waals surface area contributed by atoms with Gasteiger partial charge < -0.3 is 5.32 Å². The molecule has 2 N–H and O–H groups in total. The SMILES string of the molecule is N#Cc1cccc(Nc2c(-c3cccnc3)nc3c(C#N)c[nH]n23)c1. The Hall–Kier alpha value is -4.10. The van der Waals surface area contributed by atoms with E-state index in [1.54, 1.807) is 41.3 Å². The van der Waals surface area contributed by atoms with E-state index in [4.69, 9.17) is 5.26 Å². The van der Waals surface area contributed by atoms with Gasteiger partial charge in [-0.25, -0.2) is 9.50 Å². The Morgan fingerprint density at radius 1 is 1.12 bits per heavy atom. The van der Waals surface area contributed by atoms with Crippen LogP contribution < -0.4 is 5.32 Å². The lowest BCUT2D eigenvalue weighted by Crippen LogP contribution is -1.98. The Labute approximate surface area is 142 Å². The zero-order chi connectivity index (χ0) is 17.2. The Bertz CT molecular complexity index is 1140. The van der Waals surface area contributed by atoms with Gasteiger partial charge in [0, 0.05) is 29.8 Å². The lowest BCUT2D eigenvalue weighted by molar-refractivity contribution is 0.980. The Kier molecular flexibility index (Phi) is 3.38. The summed E-state index contributed by atoms with van der Waals surface area (Å²) in [5.41, 5.74) is 3.77. The third-order valence-corrected chi connectivity index (χ3v) is 3.77. The van der Waals surface area contributed by atoms with Crippen LogP contribution in [0.15, 0.2) is 55.0 Å². The fourth-order valence-corrected chi connectivity index (χ4v) is 2.63. The third kappa shape index (κ3) is 2.46. The van der Waals surface area contributed by atoms with E-state index in [9.17, 15) is 5.26 Å². The van der Waals surface area contributed by atoms with Gasteiger partial charge in [0.05, 0.1) is 11.6 Å². The second kappa shape index (κ2) is 5.84. The number of imidazole rings is 1. The molecule has 7 nitrogen and oxygen atoms in total. The van der Waals surface area contributed by atoms with E-state index >= 15 is 0 Å². The first-order valence-corrected chi connectivity index (χ1v) is 7.47. The van der Waals surface area contributed by atoms with Crippen LogP contribution in [0.4, 0.5) is 11.5 Å². The molecule has 118 valence electrons. The maximum absolute atomic E-state index is 9.26. The van der Waals surface area contributed by atoms with Crippen molar-refractivity contribution >= 4 is 17.2 Å². The number of aromatic amines is 1. The van der Waals surface area contributed by atoms with Crippen molar-refractivity contribution in [3.8, 4) is 23.4 Å². The molecular weight excluding hydrogens is 314 g/mol. The number of pyridine rings is 1. The van der Waals surface area contributed by atoms with Gasteiger partial charge >= 0.3 is 0 Å². The molecule has 0 fully saturated rings. The zero-order valence-corrected chi connectivity index (χ0v) is 12.9. The van der Waals surface area contributed by atoms with E-state index in [0.717, 1.165) is 11.3 Å². The molecule has 0 saturated carbocycles. The number of nitrogens with zero attached hydrogens (tertiary/aromatic N) is 5. The minimum atomic E-state index is 0.448. The van der Waals surface area contributed by atoms with Crippen molar-refractivity contribution < 1.29 is 0 Å². The molecule has 0 bridgehead atoms.